The Morgan fingerprint density at radius 2 is 1.30 bits per heavy atom. The zero-order chi connectivity index (χ0) is 30.9. The molecule has 2 unspecified atom stereocenters. The molecule has 0 aromatic heterocycles. The zero-order valence-electron chi connectivity index (χ0n) is 27.1. The Bertz CT molecular complexity index is 1270. The van der Waals surface area contributed by atoms with Gasteiger partial charge in [-0.15, -0.1) is 0 Å². The van der Waals surface area contributed by atoms with E-state index in [1.165, 1.54) is 57.8 Å². The minimum atomic E-state index is -1.65. The molecule has 0 bridgehead atoms. The van der Waals surface area contributed by atoms with E-state index >= 15 is 13.2 Å². The normalized spacial score (nSPS) is 27.8. The van der Waals surface area contributed by atoms with Crippen LogP contribution < -0.4 is 0 Å². The van der Waals surface area contributed by atoms with Gasteiger partial charge in [-0.2, -0.15) is 0 Å². The zero-order valence-corrected chi connectivity index (χ0v) is 27.1. The largest absolute Gasteiger partial charge is 0.239 e. The lowest BCUT2D eigenvalue weighted by molar-refractivity contribution is 0.171. The van der Waals surface area contributed by atoms with Crippen LogP contribution in [0.15, 0.2) is 72.3 Å². The number of rotatable bonds is 12. The second-order valence-corrected chi connectivity index (χ2v) is 13.8. The van der Waals surface area contributed by atoms with Gasteiger partial charge in [-0.25, -0.2) is 13.2 Å². The quantitative estimate of drug-likeness (QED) is 0.167. The van der Waals surface area contributed by atoms with Gasteiger partial charge < -0.3 is 0 Å². The van der Waals surface area contributed by atoms with Gasteiger partial charge >= 0.3 is 0 Å². The molecule has 2 aromatic rings. The van der Waals surface area contributed by atoms with E-state index in [0.29, 0.717) is 29.0 Å². The summed E-state index contributed by atoms with van der Waals surface area (Å²) in [7, 11) is 0. The van der Waals surface area contributed by atoms with Crippen LogP contribution in [0.4, 0.5) is 13.2 Å². The monoisotopic (exact) mass is 602 g/mol. The summed E-state index contributed by atoms with van der Waals surface area (Å²) in [5, 5.41) is 0. The number of hydrogen-bond acceptors (Lipinski definition) is 0. The first-order valence-corrected chi connectivity index (χ1v) is 17.7. The first-order valence-electron chi connectivity index (χ1n) is 17.7. The van der Waals surface area contributed by atoms with Crippen molar-refractivity contribution in [2.75, 3.05) is 0 Å². The molecule has 3 heteroatoms. The summed E-state index contributed by atoms with van der Waals surface area (Å²) in [5.41, 5.74) is 4.21. The molecule has 0 spiro atoms. The van der Waals surface area contributed by atoms with E-state index in [-0.39, 0.29) is 5.82 Å². The molecule has 0 N–H and O–H groups in total. The SMILES string of the molecule is C/C=C/C1CCC(C2CCC(c3ccc(-c4ccc(C5=CC=C(CCCCCCCC)C(F)C5F)cc4)cc3F)CC2)CC1. The third-order valence-electron chi connectivity index (χ3n) is 10.9. The minimum absolute atomic E-state index is 0.121. The second kappa shape index (κ2) is 16.1. The van der Waals surface area contributed by atoms with Crippen LogP contribution in [-0.4, -0.2) is 12.3 Å². The maximum absolute atomic E-state index is 15.4. The third kappa shape index (κ3) is 8.18. The third-order valence-corrected chi connectivity index (χ3v) is 10.9. The van der Waals surface area contributed by atoms with Crippen LogP contribution in [0.1, 0.15) is 127 Å². The molecule has 3 aliphatic rings. The summed E-state index contributed by atoms with van der Waals surface area (Å²) in [5.74, 6) is 2.60. The highest BCUT2D eigenvalue weighted by Crippen LogP contribution is 2.45. The van der Waals surface area contributed by atoms with E-state index in [1.54, 1.807) is 18.2 Å². The highest BCUT2D eigenvalue weighted by Gasteiger charge is 2.32. The van der Waals surface area contributed by atoms with E-state index in [0.717, 1.165) is 66.5 Å². The van der Waals surface area contributed by atoms with Crippen molar-refractivity contribution in [1.82, 2.24) is 0 Å². The van der Waals surface area contributed by atoms with Crippen molar-refractivity contribution in [3.63, 3.8) is 0 Å². The Hall–Kier alpha value is -2.55. The highest BCUT2D eigenvalue weighted by molar-refractivity contribution is 5.75. The molecule has 44 heavy (non-hydrogen) atoms. The van der Waals surface area contributed by atoms with Crippen molar-refractivity contribution in [2.45, 2.75) is 128 Å². The second-order valence-electron chi connectivity index (χ2n) is 13.8. The number of benzene rings is 2. The number of hydrogen-bond donors (Lipinski definition) is 0. The average Bonchev–Trinajstić information content (AvgIpc) is 3.05. The van der Waals surface area contributed by atoms with Crippen molar-refractivity contribution < 1.29 is 13.2 Å². The first-order chi connectivity index (χ1) is 21.5. The minimum Gasteiger partial charge on any atom is -0.239 e. The molecular weight excluding hydrogens is 549 g/mol. The van der Waals surface area contributed by atoms with E-state index in [1.807, 2.05) is 36.4 Å². The van der Waals surface area contributed by atoms with Gasteiger partial charge in [-0.05, 0) is 134 Å². The van der Waals surface area contributed by atoms with Gasteiger partial charge in [0.05, 0.1) is 0 Å². The van der Waals surface area contributed by atoms with Crippen LogP contribution in [0.2, 0.25) is 0 Å². The first kappa shape index (κ1) is 32.8. The Balaban J connectivity index is 1.15. The molecule has 0 radical (unpaired) electrons. The average molecular weight is 603 g/mol. The van der Waals surface area contributed by atoms with Crippen molar-refractivity contribution in [3.05, 3.63) is 89.3 Å². The molecule has 2 aromatic carbocycles. The maximum Gasteiger partial charge on any atom is 0.161 e. The van der Waals surface area contributed by atoms with Crippen LogP contribution in [0, 0.1) is 23.6 Å². The molecule has 238 valence electrons. The van der Waals surface area contributed by atoms with E-state index in [2.05, 4.69) is 26.0 Å². The molecule has 0 nitrogen and oxygen atoms in total. The summed E-state index contributed by atoms with van der Waals surface area (Å²) in [6, 6.07) is 13.1. The highest BCUT2D eigenvalue weighted by atomic mass is 19.2. The Labute approximate surface area is 264 Å². The Morgan fingerprint density at radius 1 is 0.682 bits per heavy atom. The fourth-order valence-electron chi connectivity index (χ4n) is 8.19. The number of unbranched alkanes of at least 4 members (excludes halogenated alkanes) is 5. The van der Waals surface area contributed by atoms with Gasteiger partial charge in [0.25, 0.3) is 0 Å². The maximum atomic E-state index is 15.4. The van der Waals surface area contributed by atoms with Gasteiger partial charge in [0.1, 0.15) is 5.82 Å². The van der Waals surface area contributed by atoms with Crippen LogP contribution in [0.25, 0.3) is 16.7 Å². The number of allylic oxidation sites excluding steroid dienone is 6. The summed E-state index contributed by atoms with van der Waals surface area (Å²) < 4.78 is 45.6. The molecule has 2 saturated carbocycles. The van der Waals surface area contributed by atoms with Crippen molar-refractivity contribution in [3.8, 4) is 11.1 Å². The van der Waals surface area contributed by atoms with Crippen LogP contribution in [-0.2, 0) is 0 Å². The molecular formula is C41H53F3. The lowest BCUT2D eigenvalue weighted by atomic mass is 9.68. The summed E-state index contributed by atoms with van der Waals surface area (Å²) in [6.45, 7) is 4.32. The van der Waals surface area contributed by atoms with E-state index in [9.17, 15) is 0 Å². The van der Waals surface area contributed by atoms with Gasteiger partial charge in [0.15, 0.2) is 12.3 Å². The van der Waals surface area contributed by atoms with Gasteiger partial charge in [-0.1, -0.05) is 99.7 Å². The van der Waals surface area contributed by atoms with Crippen molar-refractivity contribution in [1.29, 1.82) is 0 Å². The van der Waals surface area contributed by atoms with Crippen molar-refractivity contribution >= 4 is 5.57 Å². The fraction of sp³-hybridized carbons (Fsp3) is 0.561. The standard InChI is InChI=1S/C41H53F3/c1-3-5-6-7-8-9-11-35-24-27-38(41(44)40(35)43)34-22-18-32(19-23-34)36-25-26-37(39(42)28-36)33-20-16-31(17-21-33)30-14-12-29(10-4-2)13-15-30/h4,10,18-19,22-31,33,40-41H,3,5-9,11-17,20-21H2,1-2H3/b10-4+. The topological polar surface area (TPSA) is 0 Å². The van der Waals surface area contributed by atoms with E-state index in [4.69, 9.17) is 0 Å². The fourth-order valence-corrected chi connectivity index (χ4v) is 8.19. The van der Waals surface area contributed by atoms with Crippen LogP contribution >= 0.6 is 0 Å². The van der Waals surface area contributed by atoms with Gasteiger partial charge in [0, 0.05) is 0 Å². The predicted molar refractivity (Wildman–Crippen MR) is 181 cm³/mol. The summed E-state index contributed by atoms with van der Waals surface area (Å²) >= 11 is 0. The summed E-state index contributed by atoms with van der Waals surface area (Å²) in [4.78, 5) is 0. The molecule has 0 heterocycles. The Kier molecular flexibility index (Phi) is 12.0. The predicted octanol–water partition coefficient (Wildman–Crippen LogP) is 12.9. The van der Waals surface area contributed by atoms with E-state index < -0.39 is 12.3 Å². The smallest absolute Gasteiger partial charge is 0.161 e. The summed E-state index contributed by atoms with van der Waals surface area (Å²) in [6.07, 6.45) is 22.3. The molecule has 0 saturated heterocycles. The number of halogens is 3. The van der Waals surface area contributed by atoms with Crippen molar-refractivity contribution in [2.24, 2.45) is 17.8 Å². The number of alkyl halides is 2. The lowest BCUT2D eigenvalue weighted by Gasteiger charge is -2.37. The van der Waals surface area contributed by atoms with Gasteiger partial charge in [0.2, 0.25) is 0 Å². The molecule has 0 aliphatic heterocycles. The Morgan fingerprint density at radius 3 is 1.95 bits per heavy atom. The van der Waals surface area contributed by atoms with Crippen LogP contribution in [0.5, 0.6) is 0 Å². The molecule has 2 fully saturated rings. The lowest BCUT2D eigenvalue weighted by Crippen LogP contribution is -2.25. The van der Waals surface area contributed by atoms with Crippen LogP contribution in [0.3, 0.4) is 0 Å². The van der Waals surface area contributed by atoms with Gasteiger partial charge in [-0.3, -0.25) is 0 Å². The molecule has 5 rings (SSSR count). The molecule has 3 aliphatic carbocycles. The molecule has 2 atom stereocenters. The molecule has 0 amide bonds.